The zero-order valence-electron chi connectivity index (χ0n) is 16.1. The Labute approximate surface area is 167 Å². The predicted molar refractivity (Wildman–Crippen MR) is 108 cm³/mol. The molecule has 0 aliphatic carbocycles. The van der Waals surface area contributed by atoms with E-state index in [1.807, 2.05) is 19.1 Å². The maximum absolute atomic E-state index is 11.0. The first-order chi connectivity index (χ1) is 14.0. The number of rotatable bonds is 3. The van der Waals surface area contributed by atoms with Gasteiger partial charge in [0.2, 0.25) is 12.7 Å². The van der Waals surface area contributed by atoms with Gasteiger partial charge in [0.15, 0.2) is 11.5 Å². The van der Waals surface area contributed by atoms with Gasteiger partial charge in [-0.3, -0.25) is 0 Å². The van der Waals surface area contributed by atoms with Gasteiger partial charge in [0.05, 0.1) is 17.6 Å². The smallest absolute Gasteiger partial charge is 0.231 e. The van der Waals surface area contributed by atoms with Crippen molar-refractivity contribution in [1.29, 1.82) is 5.26 Å². The number of aryl methyl sites for hydroxylation is 1. The van der Waals surface area contributed by atoms with Crippen molar-refractivity contribution < 1.29 is 24.5 Å². The van der Waals surface area contributed by atoms with Crippen molar-refractivity contribution in [2.24, 2.45) is 0 Å². The van der Waals surface area contributed by atoms with Crippen LogP contribution in [0.1, 0.15) is 18.1 Å². The van der Waals surface area contributed by atoms with Gasteiger partial charge in [-0.1, -0.05) is 6.07 Å². The number of aromatic nitrogens is 1. The number of aldehydes is 1. The molecule has 0 radical (unpaired) electrons. The Morgan fingerprint density at radius 2 is 2.00 bits per heavy atom. The van der Waals surface area contributed by atoms with E-state index in [1.54, 1.807) is 19.1 Å². The summed E-state index contributed by atoms with van der Waals surface area (Å²) in [5.41, 5.74) is 9.49. The number of anilines is 1. The number of nitriles is 1. The van der Waals surface area contributed by atoms with Crippen LogP contribution >= 0.6 is 0 Å². The summed E-state index contributed by atoms with van der Waals surface area (Å²) >= 11 is 0. The highest BCUT2D eigenvalue weighted by atomic mass is 16.7. The van der Waals surface area contributed by atoms with Gasteiger partial charge in [0, 0.05) is 12.0 Å². The summed E-state index contributed by atoms with van der Waals surface area (Å²) in [6.45, 7) is 3.87. The van der Waals surface area contributed by atoms with Crippen LogP contribution in [0.2, 0.25) is 0 Å². The van der Waals surface area contributed by atoms with Gasteiger partial charge in [0.1, 0.15) is 18.0 Å². The average molecular weight is 395 g/mol. The molecule has 4 rings (SSSR count). The normalized spacial score (nSPS) is 11.7. The van der Waals surface area contributed by atoms with Crippen LogP contribution in [0.25, 0.3) is 22.0 Å². The fourth-order valence-corrected chi connectivity index (χ4v) is 3.47. The molecule has 0 saturated heterocycles. The Bertz CT molecular complexity index is 1130. The van der Waals surface area contributed by atoms with E-state index < -0.39 is 0 Å². The Kier molecular flexibility index (Phi) is 5.61. The Hall–Kier alpha value is -3.70. The Balaban J connectivity index is 0.000000755. The van der Waals surface area contributed by atoms with Gasteiger partial charge >= 0.3 is 0 Å². The molecule has 2 heterocycles. The minimum absolute atomic E-state index is 0.0994. The molecule has 0 bridgehead atoms. The van der Waals surface area contributed by atoms with E-state index in [4.69, 9.17) is 20.3 Å². The summed E-state index contributed by atoms with van der Waals surface area (Å²) in [5.74, 6) is 1.05. The minimum atomic E-state index is -0.226. The molecule has 1 aromatic heterocycles. The van der Waals surface area contributed by atoms with Crippen molar-refractivity contribution in [2.45, 2.75) is 20.4 Å². The first kappa shape index (κ1) is 20.0. The molecule has 0 fully saturated rings. The number of aliphatic hydroxyl groups is 1. The van der Waals surface area contributed by atoms with Crippen LogP contribution in [0.4, 0.5) is 5.69 Å². The van der Waals surface area contributed by atoms with Gasteiger partial charge in [-0.15, -0.1) is 0 Å². The number of nitrogens with two attached hydrogens (primary N) is 1. The zero-order chi connectivity index (χ0) is 21.1. The largest absolute Gasteiger partial charge is 0.493 e. The number of aromatic hydroxyl groups is 1. The monoisotopic (exact) mass is 395 g/mol. The van der Waals surface area contributed by atoms with Gasteiger partial charge in [-0.05, 0) is 48.7 Å². The summed E-state index contributed by atoms with van der Waals surface area (Å²) in [6, 6.07) is 9.36. The number of hydrogen-bond donors (Lipinski definition) is 3. The van der Waals surface area contributed by atoms with Crippen LogP contribution in [0.15, 0.2) is 24.3 Å². The molecule has 8 heteroatoms. The quantitative estimate of drug-likeness (QED) is 0.581. The van der Waals surface area contributed by atoms with Gasteiger partial charge < -0.3 is 34.8 Å². The molecule has 2 aromatic carbocycles. The third kappa shape index (κ3) is 3.32. The Morgan fingerprint density at radius 1 is 1.31 bits per heavy atom. The fraction of sp³-hybridized carbons (Fsp3) is 0.238. The molecule has 150 valence electrons. The van der Waals surface area contributed by atoms with Crippen molar-refractivity contribution >= 4 is 22.9 Å². The van der Waals surface area contributed by atoms with Gasteiger partial charge in [0.25, 0.3) is 0 Å². The van der Waals surface area contributed by atoms with Gasteiger partial charge in [-0.25, -0.2) is 0 Å². The molecular weight excluding hydrogens is 374 g/mol. The van der Waals surface area contributed by atoms with Crippen LogP contribution in [0.3, 0.4) is 0 Å². The number of benzene rings is 2. The van der Waals surface area contributed by atoms with E-state index in [9.17, 15) is 15.2 Å². The summed E-state index contributed by atoms with van der Waals surface area (Å²) in [7, 11) is 0. The van der Waals surface area contributed by atoms with E-state index in [0.29, 0.717) is 34.3 Å². The summed E-state index contributed by atoms with van der Waals surface area (Å²) in [4.78, 5) is 11.0. The molecule has 0 atom stereocenters. The van der Waals surface area contributed by atoms with Crippen molar-refractivity contribution in [3.8, 4) is 34.6 Å². The lowest BCUT2D eigenvalue weighted by Crippen LogP contribution is -2.00. The third-order valence-electron chi connectivity index (χ3n) is 4.57. The number of carbonyl (C=O) groups is 1. The lowest BCUT2D eigenvalue weighted by atomic mass is 9.93. The second-order valence-corrected chi connectivity index (χ2v) is 6.35. The van der Waals surface area contributed by atoms with E-state index in [2.05, 4.69) is 6.07 Å². The molecule has 0 unspecified atom stereocenters. The molecule has 1 aliphatic heterocycles. The minimum Gasteiger partial charge on any atom is -0.493 e. The topological polar surface area (TPSA) is 131 Å². The van der Waals surface area contributed by atoms with Crippen LogP contribution in [0, 0.1) is 18.3 Å². The van der Waals surface area contributed by atoms with Crippen LogP contribution < -0.4 is 15.2 Å². The maximum Gasteiger partial charge on any atom is 0.231 e. The summed E-state index contributed by atoms with van der Waals surface area (Å²) in [6.07, 6.45) is 0.653. The van der Waals surface area contributed by atoms with E-state index >= 15 is 0 Å². The zero-order valence-corrected chi connectivity index (χ0v) is 16.1. The Morgan fingerprint density at radius 3 is 2.66 bits per heavy atom. The predicted octanol–water partition coefficient (Wildman–Crippen LogP) is 2.70. The maximum atomic E-state index is 11.0. The SMILES string of the molecule is CCO.Cc1cc(C#N)c2c(c(N)c(O)n2CC=O)c1-c1ccc2c(c1)OCO2. The number of fused-ring (bicyclic) bond motifs is 2. The first-order valence-electron chi connectivity index (χ1n) is 8.97. The fourth-order valence-electron chi connectivity index (χ4n) is 3.47. The number of nitrogens with zero attached hydrogens (tertiary/aromatic N) is 2. The summed E-state index contributed by atoms with van der Waals surface area (Å²) < 4.78 is 12.2. The number of aliphatic hydroxyl groups excluding tert-OH is 1. The first-order valence-corrected chi connectivity index (χ1v) is 8.97. The number of carbonyl (C=O) groups excluding carboxylic acids is 1. The molecule has 1 aliphatic rings. The standard InChI is InChI=1S/C19H15N3O4.C2H6O/c1-10-6-12(8-20)18-16(17(21)19(24)22(18)4-5-23)15(10)11-2-3-13-14(7-11)26-9-25-13;1-2-3/h2-3,5-7,24H,4,9,21H2,1H3;3H,2H2,1H3. The second-order valence-electron chi connectivity index (χ2n) is 6.35. The van der Waals surface area contributed by atoms with Crippen LogP contribution in [-0.2, 0) is 11.3 Å². The lowest BCUT2D eigenvalue weighted by molar-refractivity contribution is -0.108. The molecule has 0 amide bonds. The third-order valence-corrected chi connectivity index (χ3v) is 4.57. The van der Waals surface area contributed by atoms with E-state index in [0.717, 1.165) is 16.7 Å². The van der Waals surface area contributed by atoms with Gasteiger partial charge in [-0.2, -0.15) is 5.26 Å². The molecule has 29 heavy (non-hydrogen) atoms. The highest BCUT2D eigenvalue weighted by Gasteiger charge is 2.24. The van der Waals surface area contributed by atoms with Crippen molar-refractivity contribution in [3.63, 3.8) is 0 Å². The average Bonchev–Trinajstić information content (AvgIpc) is 3.27. The molecule has 0 saturated carbocycles. The van der Waals surface area contributed by atoms with E-state index in [-0.39, 0.29) is 31.5 Å². The van der Waals surface area contributed by atoms with Crippen molar-refractivity contribution in [2.75, 3.05) is 19.1 Å². The van der Waals surface area contributed by atoms with E-state index in [1.165, 1.54) is 4.57 Å². The number of ether oxygens (including phenoxy) is 2. The highest BCUT2D eigenvalue weighted by molar-refractivity contribution is 6.09. The summed E-state index contributed by atoms with van der Waals surface area (Å²) in [5, 5.41) is 28.1. The number of hydrogen-bond acceptors (Lipinski definition) is 7. The van der Waals surface area contributed by atoms with Crippen molar-refractivity contribution in [1.82, 2.24) is 4.57 Å². The molecule has 8 nitrogen and oxygen atoms in total. The molecule has 3 aromatic rings. The van der Waals surface area contributed by atoms with Crippen LogP contribution in [0.5, 0.6) is 17.4 Å². The highest BCUT2D eigenvalue weighted by Crippen LogP contribution is 2.45. The molecular formula is C21H21N3O5. The van der Waals surface area contributed by atoms with Crippen LogP contribution in [-0.4, -0.2) is 34.5 Å². The second kappa shape index (κ2) is 8.12. The van der Waals surface area contributed by atoms with Crippen molar-refractivity contribution in [3.05, 3.63) is 35.4 Å². The molecule has 0 spiro atoms. The lowest BCUT2D eigenvalue weighted by Gasteiger charge is -2.12. The molecule has 4 N–H and O–H groups in total. The number of nitrogen functional groups attached to an aromatic ring is 1.